The van der Waals surface area contributed by atoms with Gasteiger partial charge in [-0.15, -0.1) is 0 Å². The van der Waals surface area contributed by atoms with Crippen LogP contribution in [-0.2, 0) is 0 Å². The molecule has 0 saturated carbocycles. The van der Waals surface area contributed by atoms with E-state index in [9.17, 15) is 0 Å². The minimum atomic E-state index is 0.241. The fourth-order valence-corrected chi connectivity index (χ4v) is 3.30. The van der Waals surface area contributed by atoms with Gasteiger partial charge in [0, 0.05) is 27.3 Å². The van der Waals surface area contributed by atoms with Gasteiger partial charge >= 0.3 is 0 Å². The van der Waals surface area contributed by atoms with Crippen LogP contribution >= 0.6 is 15.9 Å². The van der Waals surface area contributed by atoms with Crippen LogP contribution in [0.4, 0.5) is 5.69 Å². The third kappa shape index (κ3) is 2.86. The van der Waals surface area contributed by atoms with Crippen LogP contribution in [0.2, 0.25) is 0 Å². The van der Waals surface area contributed by atoms with Gasteiger partial charge in [-0.1, -0.05) is 36.4 Å². The molecule has 2 nitrogen and oxygen atoms in total. The number of aromatic nitrogens is 1. The quantitative estimate of drug-likeness (QED) is 0.643. The Morgan fingerprint density at radius 2 is 1.82 bits per heavy atom. The first-order chi connectivity index (χ1) is 10.6. The molecule has 0 radical (unpaired) electrons. The first kappa shape index (κ1) is 15.0. The van der Waals surface area contributed by atoms with Gasteiger partial charge in [-0.3, -0.25) is 4.98 Å². The van der Waals surface area contributed by atoms with Crippen molar-refractivity contribution in [3.05, 3.63) is 69.8 Å². The number of hydrogen-bond donors (Lipinski definition) is 1. The monoisotopic (exact) mass is 354 g/mol. The third-order valence-corrected chi connectivity index (χ3v) is 4.59. The van der Waals surface area contributed by atoms with Gasteiger partial charge in [0.05, 0.1) is 5.52 Å². The summed E-state index contributed by atoms with van der Waals surface area (Å²) in [7, 11) is 0. The summed E-state index contributed by atoms with van der Waals surface area (Å²) in [4.78, 5) is 4.65. The van der Waals surface area contributed by atoms with Crippen LogP contribution in [0.5, 0.6) is 0 Å². The molecule has 1 aromatic heterocycles. The standard InChI is InChI=1S/C19H19BrN2/c1-12-7-4-5-8-15(12)14(3)22-18-11-13(2)21-19-16(18)9-6-10-17(19)20/h4-11,14H,1-3H3,(H,21,22). The van der Waals surface area contributed by atoms with Crippen molar-refractivity contribution in [2.24, 2.45) is 0 Å². The first-order valence-electron chi connectivity index (χ1n) is 7.44. The maximum atomic E-state index is 4.65. The minimum Gasteiger partial charge on any atom is -0.378 e. The van der Waals surface area contributed by atoms with Crippen LogP contribution in [0.15, 0.2) is 53.0 Å². The lowest BCUT2D eigenvalue weighted by molar-refractivity contribution is 0.875. The first-order valence-corrected chi connectivity index (χ1v) is 8.23. The molecule has 0 spiro atoms. The fourth-order valence-electron chi connectivity index (χ4n) is 2.84. The van der Waals surface area contributed by atoms with E-state index >= 15 is 0 Å². The van der Waals surface area contributed by atoms with Crippen molar-refractivity contribution in [1.29, 1.82) is 0 Å². The van der Waals surface area contributed by atoms with E-state index in [4.69, 9.17) is 0 Å². The number of rotatable bonds is 3. The second-order valence-electron chi connectivity index (χ2n) is 5.67. The lowest BCUT2D eigenvalue weighted by Gasteiger charge is -2.19. The normalized spacial score (nSPS) is 12.4. The Labute approximate surface area is 139 Å². The number of hydrogen-bond acceptors (Lipinski definition) is 2. The van der Waals surface area contributed by atoms with Gasteiger partial charge in [-0.2, -0.15) is 0 Å². The zero-order valence-corrected chi connectivity index (χ0v) is 14.6. The topological polar surface area (TPSA) is 24.9 Å². The summed E-state index contributed by atoms with van der Waals surface area (Å²) in [6.45, 7) is 6.38. The molecule has 0 aliphatic carbocycles. The zero-order chi connectivity index (χ0) is 15.7. The van der Waals surface area contributed by atoms with Gasteiger partial charge in [0.15, 0.2) is 0 Å². The fraction of sp³-hybridized carbons (Fsp3) is 0.211. The Kier molecular flexibility index (Phi) is 4.16. The average Bonchev–Trinajstić information content (AvgIpc) is 2.48. The summed E-state index contributed by atoms with van der Waals surface area (Å²) in [5, 5.41) is 4.79. The number of aryl methyl sites for hydroxylation is 2. The van der Waals surface area contributed by atoms with Gasteiger partial charge in [-0.25, -0.2) is 0 Å². The molecular weight excluding hydrogens is 336 g/mol. The summed E-state index contributed by atoms with van der Waals surface area (Å²) in [6.07, 6.45) is 0. The molecule has 3 rings (SSSR count). The van der Waals surface area contributed by atoms with E-state index in [0.29, 0.717) is 0 Å². The number of benzene rings is 2. The maximum absolute atomic E-state index is 4.65. The number of para-hydroxylation sites is 1. The SMILES string of the molecule is Cc1cc(NC(C)c2ccccc2C)c2cccc(Br)c2n1. The van der Waals surface area contributed by atoms with Crippen molar-refractivity contribution in [3.8, 4) is 0 Å². The van der Waals surface area contributed by atoms with Crippen molar-refractivity contribution in [3.63, 3.8) is 0 Å². The Bertz CT molecular complexity index is 827. The highest BCUT2D eigenvalue weighted by Gasteiger charge is 2.11. The Morgan fingerprint density at radius 1 is 1.05 bits per heavy atom. The third-order valence-electron chi connectivity index (χ3n) is 3.95. The number of fused-ring (bicyclic) bond motifs is 1. The van der Waals surface area contributed by atoms with Crippen molar-refractivity contribution in [1.82, 2.24) is 4.98 Å². The number of pyridine rings is 1. The highest BCUT2D eigenvalue weighted by Crippen LogP contribution is 2.31. The van der Waals surface area contributed by atoms with Crippen LogP contribution in [0.3, 0.4) is 0 Å². The summed E-state index contributed by atoms with van der Waals surface area (Å²) in [5.41, 5.74) is 5.76. The van der Waals surface area contributed by atoms with Gasteiger partial charge in [-0.05, 0) is 60.0 Å². The van der Waals surface area contributed by atoms with Crippen LogP contribution < -0.4 is 5.32 Å². The summed E-state index contributed by atoms with van der Waals surface area (Å²) >= 11 is 3.60. The van der Waals surface area contributed by atoms with E-state index in [1.54, 1.807) is 0 Å². The molecule has 3 aromatic rings. The highest BCUT2D eigenvalue weighted by atomic mass is 79.9. The minimum absolute atomic E-state index is 0.241. The maximum Gasteiger partial charge on any atom is 0.0867 e. The van der Waals surface area contributed by atoms with Crippen molar-refractivity contribution in [2.45, 2.75) is 26.8 Å². The highest BCUT2D eigenvalue weighted by molar-refractivity contribution is 9.10. The molecule has 0 fully saturated rings. The molecule has 0 amide bonds. The molecule has 3 heteroatoms. The van der Waals surface area contributed by atoms with Gasteiger partial charge < -0.3 is 5.32 Å². The second kappa shape index (κ2) is 6.09. The summed E-state index contributed by atoms with van der Waals surface area (Å²) in [5.74, 6) is 0. The number of nitrogens with zero attached hydrogens (tertiary/aromatic N) is 1. The smallest absolute Gasteiger partial charge is 0.0867 e. The molecule has 22 heavy (non-hydrogen) atoms. The molecule has 0 aliphatic rings. The number of halogens is 1. The molecule has 1 N–H and O–H groups in total. The van der Waals surface area contributed by atoms with Gasteiger partial charge in [0.2, 0.25) is 0 Å². The Balaban J connectivity index is 2.04. The molecule has 1 heterocycles. The molecular formula is C19H19BrN2. The Morgan fingerprint density at radius 3 is 2.59 bits per heavy atom. The largest absolute Gasteiger partial charge is 0.378 e. The van der Waals surface area contributed by atoms with E-state index < -0.39 is 0 Å². The molecule has 0 bridgehead atoms. The van der Waals surface area contributed by atoms with E-state index in [0.717, 1.165) is 26.8 Å². The lowest BCUT2D eigenvalue weighted by atomic mass is 10.0. The number of anilines is 1. The summed E-state index contributed by atoms with van der Waals surface area (Å²) in [6, 6.07) is 17.0. The molecule has 1 unspecified atom stereocenters. The van der Waals surface area contributed by atoms with E-state index in [1.165, 1.54) is 11.1 Å². The van der Waals surface area contributed by atoms with Crippen molar-refractivity contribution < 1.29 is 0 Å². The summed E-state index contributed by atoms with van der Waals surface area (Å²) < 4.78 is 1.03. The van der Waals surface area contributed by atoms with Gasteiger partial charge in [0.25, 0.3) is 0 Å². The van der Waals surface area contributed by atoms with Crippen LogP contribution in [-0.4, -0.2) is 4.98 Å². The molecule has 0 aliphatic heterocycles. The molecule has 2 aromatic carbocycles. The van der Waals surface area contributed by atoms with E-state index in [1.807, 2.05) is 19.1 Å². The average molecular weight is 355 g/mol. The van der Waals surface area contributed by atoms with E-state index in [-0.39, 0.29) is 6.04 Å². The van der Waals surface area contributed by atoms with Crippen LogP contribution in [0, 0.1) is 13.8 Å². The molecule has 0 saturated heterocycles. The lowest BCUT2D eigenvalue weighted by Crippen LogP contribution is -2.09. The Hall–Kier alpha value is -1.87. The second-order valence-corrected chi connectivity index (χ2v) is 6.52. The number of nitrogens with one attached hydrogen (secondary N) is 1. The van der Waals surface area contributed by atoms with E-state index in [2.05, 4.69) is 76.5 Å². The van der Waals surface area contributed by atoms with Crippen LogP contribution in [0.1, 0.15) is 29.8 Å². The predicted molar refractivity (Wildman–Crippen MR) is 97.4 cm³/mol. The molecule has 1 atom stereocenters. The van der Waals surface area contributed by atoms with Gasteiger partial charge in [0.1, 0.15) is 0 Å². The van der Waals surface area contributed by atoms with Crippen molar-refractivity contribution >= 4 is 32.5 Å². The van der Waals surface area contributed by atoms with Crippen LogP contribution in [0.25, 0.3) is 10.9 Å². The molecule has 112 valence electrons. The predicted octanol–water partition coefficient (Wildman–Crippen LogP) is 5.79. The van der Waals surface area contributed by atoms with Crippen molar-refractivity contribution in [2.75, 3.05) is 5.32 Å². The zero-order valence-electron chi connectivity index (χ0n) is 13.0.